The summed E-state index contributed by atoms with van der Waals surface area (Å²) in [5.74, 6) is 0.218. The van der Waals surface area contributed by atoms with Gasteiger partial charge in [-0.25, -0.2) is 12.8 Å². The number of allylic oxidation sites excluding steroid dienone is 2. The number of halogens is 1. The summed E-state index contributed by atoms with van der Waals surface area (Å²) in [4.78, 5) is 0. The normalized spacial score (nSPS) is 11.5. The molecule has 1 heterocycles. The van der Waals surface area contributed by atoms with E-state index in [4.69, 9.17) is 9.83 Å². The van der Waals surface area contributed by atoms with Crippen molar-refractivity contribution >= 4 is 29.4 Å². The van der Waals surface area contributed by atoms with E-state index in [0.717, 1.165) is 17.4 Å². The van der Waals surface area contributed by atoms with E-state index in [0.29, 0.717) is 22.1 Å². The Balaban J connectivity index is 0.00000163. The standard InChI is InChI=1S/C18H20FNO3S.CH3N/c1-12(2)16(20(4)24(5,21)22)11-17-13(3)10-18(23-17)14-6-8-15(19)9-7-14;1-2/h6-11H,3H2,1-2,4-5H3;2H,1H2/b17-11+;. The predicted octanol–water partition coefficient (Wildman–Crippen LogP) is 2.73. The third kappa shape index (κ3) is 5.16. The lowest BCUT2D eigenvalue weighted by Gasteiger charge is -2.19. The number of hydrogen-bond acceptors (Lipinski definition) is 4. The summed E-state index contributed by atoms with van der Waals surface area (Å²) in [7, 11) is -1.90. The molecule has 5 nitrogen and oxygen atoms in total. The highest BCUT2D eigenvalue weighted by Crippen LogP contribution is 2.18. The molecule has 0 aliphatic heterocycles. The third-order valence-electron chi connectivity index (χ3n) is 3.59. The number of sulfonamides is 1. The molecule has 0 unspecified atom stereocenters. The lowest BCUT2D eigenvalue weighted by molar-refractivity contribution is 0.529. The Morgan fingerprint density at radius 1 is 1.23 bits per heavy atom. The number of benzene rings is 1. The molecule has 0 atom stereocenters. The van der Waals surface area contributed by atoms with Crippen molar-refractivity contribution < 1.29 is 17.2 Å². The van der Waals surface area contributed by atoms with Gasteiger partial charge in [0.25, 0.3) is 0 Å². The summed E-state index contributed by atoms with van der Waals surface area (Å²) in [5.41, 5.74) is 2.52. The van der Waals surface area contributed by atoms with Crippen LogP contribution in [0, 0.1) is 11.2 Å². The molecule has 0 amide bonds. The molecule has 2 aromatic rings. The van der Waals surface area contributed by atoms with Crippen LogP contribution in [-0.2, 0) is 10.0 Å². The van der Waals surface area contributed by atoms with Crippen LogP contribution in [0.4, 0.5) is 4.39 Å². The van der Waals surface area contributed by atoms with Crippen LogP contribution in [0.15, 0.2) is 46.0 Å². The van der Waals surface area contributed by atoms with Crippen LogP contribution < -0.4 is 10.6 Å². The Hall–Kier alpha value is -2.67. The first-order valence-electron chi connectivity index (χ1n) is 7.63. The summed E-state index contributed by atoms with van der Waals surface area (Å²) >= 11 is 0. The Morgan fingerprint density at radius 3 is 2.23 bits per heavy atom. The summed E-state index contributed by atoms with van der Waals surface area (Å²) in [5, 5.41) is 6.12. The van der Waals surface area contributed by atoms with Crippen molar-refractivity contribution in [1.82, 2.24) is 4.31 Å². The van der Waals surface area contributed by atoms with Gasteiger partial charge in [0.15, 0.2) is 0 Å². The molecule has 2 rings (SSSR count). The number of rotatable bonds is 4. The van der Waals surface area contributed by atoms with Crippen LogP contribution in [0.25, 0.3) is 24.0 Å². The SMILES string of the molecule is C=N.C=c1cc(-c2ccc(F)cc2)o/c1=C/C(=C(C)C)N(C)S(C)(=O)=O. The van der Waals surface area contributed by atoms with Crippen molar-refractivity contribution in [2.75, 3.05) is 13.3 Å². The Kier molecular flexibility index (Phi) is 7.09. The van der Waals surface area contributed by atoms with Gasteiger partial charge in [-0.1, -0.05) is 12.2 Å². The highest BCUT2D eigenvalue weighted by atomic mass is 32.2. The molecule has 1 aromatic carbocycles. The summed E-state index contributed by atoms with van der Waals surface area (Å²) in [6.07, 6.45) is 2.78. The monoisotopic (exact) mass is 378 g/mol. The number of nitrogens with one attached hydrogen (secondary N) is 1. The highest BCUT2D eigenvalue weighted by molar-refractivity contribution is 7.88. The van der Waals surface area contributed by atoms with E-state index < -0.39 is 10.0 Å². The molecule has 0 fully saturated rings. The maximum atomic E-state index is 13.0. The van der Waals surface area contributed by atoms with Crippen LogP contribution >= 0.6 is 0 Å². The molecule has 1 aromatic heterocycles. The lowest BCUT2D eigenvalue weighted by Crippen LogP contribution is -2.27. The second-order valence-corrected chi connectivity index (χ2v) is 7.78. The second-order valence-electron chi connectivity index (χ2n) is 5.77. The average molecular weight is 378 g/mol. The molecule has 0 bridgehead atoms. The molecular formula is C19H23FN2O3S. The van der Waals surface area contributed by atoms with Gasteiger partial charge in [0.1, 0.15) is 17.0 Å². The van der Waals surface area contributed by atoms with Gasteiger partial charge < -0.3 is 9.83 Å². The van der Waals surface area contributed by atoms with Crippen molar-refractivity contribution in [2.45, 2.75) is 13.8 Å². The molecule has 0 radical (unpaired) electrons. The third-order valence-corrected chi connectivity index (χ3v) is 4.78. The van der Waals surface area contributed by atoms with E-state index in [1.165, 1.54) is 23.5 Å². The van der Waals surface area contributed by atoms with Crippen LogP contribution in [0.2, 0.25) is 0 Å². The van der Waals surface area contributed by atoms with Crippen molar-refractivity contribution in [1.29, 1.82) is 5.41 Å². The highest BCUT2D eigenvalue weighted by Gasteiger charge is 2.15. The minimum Gasteiger partial charge on any atom is -0.456 e. The molecule has 0 aliphatic rings. The van der Waals surface area contributed by atoms with Gasteiger partial charge in [0.05, 0.1) is 12.0 Å². The maximum Gasteiger partial charge on any atom is 0.231 e. The molecule has 0 spiro atoms. The summed E-state index contributed by atoms with van der Waals surface area (Å²) in [6.45, 7) is 10.1. The van der Waals surface area contributed by atoms with Gasteiger partial charge in [-0.05, 0) is 50.9 Å². The summed E-state index contributed by atoms with van der Waals surface area (Å²) < 4.78 is 43.6. The van der Waals surface area contributed by atoms with E-state index in [9.17, 15) is 12.8 Å². The van der Waals surface area contributed by atoms with E-state index in [2.05, 4.69) is 13.3 Å². The van der Waals surface area contributed by atoms with Crippen LogP contribution in [-0.4, -0.2) is 32.7 Å². The zero-order chi connectivity index (χ0) is 20.1. The number of furan rings is 1. The molecule has 1 N–H and O–H groups in total. The zero-order valence-corrected chi connectivity index (χ0v) is 16.2. The van der Waals surface area contributed by atoms with Gasteiger partial charge in [-0.15, -0.1) is 0 Å². The first-order valence-corrected chi connectivity index (χ1v) is 9.47. The topological polar surface area (TPSA) is 74.4 Å². The van der Waals surface area contributed by atoms with Crippen LogP contribution in [0.3, 0.4) is 0 Å². The smallest absolute Gasteiger partial charge is 0.231 e. The first-order chi connectivity index (χ1) is 12.1. The van der Waals surface area contributed by atoms with Crippen LogP contribution in [0.5, 0.6) is 0 Å². The van der Waals surface area contributed by atoms with Gasteiger partial charge in [-0.3, -0.25) is 4.31 Å². The number of hydrogen-bond donors (Lipinski definition) is 1. The molecule has 140 valence electrons. The van der Waals surface area contributed by atoms with Crippen molar-refractivity contribution in [3.8, 4) is 11.3 Å². The van der Waals surface area contributed by atoms with Gasteiger partial charge >= 0.3 is 0 Å². The molecule has 0 saturated heterocycles. The molecule has 26 heavy (non-hydrogen) atoms. The van der Waals surface area contributed by atoms with Crippen LogP contribution in [0.1, 0.15) is 13.8 Å². The molecule has 0 saturated carbocycles. The van der Waals surface area contributed by atoms with Gasteiger partial charge in [0.2, 0.25) is 10.0 Å². The van der Waals surface area contributed by atoms with E-state index >= 15 is 0 Å². The Morgan fingerprint density at radius 2 is 1.77 bits per heavy atom. The van der Waals surface area contributed by atoms with Gasteiger partial charge in [-0.2, -0.15) is 0 Å². The molecular weight excluding hydrogens is 355 g/mol. The number of nitrogens with zero attached hydrogens (tertiary/aromatic N) is 1. The average Bonchev–Trinajstić information content (AvgIpc) is 2.94. The van der Waals surface area contributed by atoms with Crippen molar-refractivity contribution in [2.24, 2.45) is 0 Å². The predicted molar refractivity (Wildman–Crippen MR) is 104 cm³/mol. The lowest BCUT2D eigenvalue weighted by atomic mass is 10.2. The zero-order valence-electron chi connectivity index (χ0n) is 15.3. The Labute approximate surface area is 153 Å². The minimum absolute atomic E-state index is 0.325. The van der Waals surface area contributed by atoms with Crippen molar-refractivity contribution in [3.05, 3.63) is 58.1 Å². The fourth-order valence-electron chi connectivity index (χ4n) is 2.17. The summed E-state index contributed by atoms with van der Waals surface area (Å²) in [6, 6.07) is 7.66. The quantitative estimate of drug-likeness (QED) is 0.832. The fraction of sp³-hybridized carbons (Fsp3) is 0.211. The molecule has 0 aliphatic carbocycles. The van der Waals surface area contributed by atoms with E-state index in [-0.39, 0.29) is 5.82 Å². The maximum absolute atomic E-state index is 13.0. The molecule has 7 heteroatoms. The minimum atomic E-state index is -3.39. The van der Waals surface area contributed by atoms with Gasteiger partial charge in [0, 0.05) is 23.9 Å². The second kappa shape index (κ2) is 8.62. The van der Waals surface area contributed by atoms with E-state index in [1.807, 2.05) is 13.8 Å². The van der Waals surface area contributed by atoms with E-state index in [1.54, 1.807) is 24.3 Å². The van der Waals surface area contributed by atoms with Crippen molar-refractivity contribution in [3.63, 3.8) is 0 Å². The largest absolute Gasteiger partial charge is 0.456 e. The first kappa shape index (κ1) is 21.4. The fourth-order valence-corrected chi connectivity index (χ4v) is 2.77. The Bertz CT molecular complexity index is 1000.